The van der Waals surface area contributed by atoms with Crippen LogP contribution in [0.5, 0.6) is 5.88 Å². The van der Waals surface area contributed by atoms with Gasteiger partial charge in [0.2, 0.25) is 11.7 Å². The molecule has 0 spiro atoms. The number of fused-ring (bicyclic) bond motifs is 1. The third kappa shape index (κ3) is 3.13. The van der Waals surface area contributed by atoms with E-state index in [0.29, 0.717) is 29.3 Å². The maximum atomic E-state index is 5.56. The molecule has 9 nitrogen and oxygen atoms in total. The highest BCUT2D eigenvalue weighted by atomic mass is 16.5. The lowest BCUT2D eigenvalue weighted by Gasteiger charge is -2.23. The number of para-hydroxylation sites is 1. The fraction of sp³-hybridized carbons (Fsp3) is 0.350. The molecule has 0 saturated carbocycles. The van der Waals surface area contributed by atoms with Crippen molar-refractivity contribution in [3.8, 4) is 28.9 Å². The first-order valence-corrected chi connectivity index (χ1v) is 9.65. The topological polar surface area (TPSA) is 104 Å². The average Bonchev–Trinajstić information content (AvgIpc) is 3.40. The molecule has 0 atom stereocenters. The summed E-state index contributed by atoms with van der Waals surface area (Å²) in [7, 11) is 1.59. The van der Waals surface area contributed by atoms with E-state index < -0.39 is 0 Å². The minimum absolute atomic E-state index is 0.341. The molecule has 0 unspecified atom stereocenters. The van der Waals surface area contributed by atoms with Crippen LogP contribution in [0.4, 0.5) is 0 Å². The van der Waals surface area contributed by atoms with E-state index in [4.69, 9.17) is 9.26 Å². The van der Waals surface area contributed by atoms with Gasteiger partial charge in [-0.2, -0.15) is 4.98 Å². The zero-order chi connectivity index (χ0) is 19.8. The van der Waals surface area contributed by atoms with E-state index in [0.717, 1.165) is 48.1 Å². The highest BCUT2D eigenvalue weighted by Gasteiger charge is 2.24. The van der Waals surface area contributed by atoms with E-state index in [1.807, 2.05) is 41.9 Å². The van der Waals surface area contributed by atoms with Crippen LogP contribution in [0.15, 0.2) is 34.9 Å². The van der Waals surface area contributed by atoms with Crippen LogP contribution in [0.1, 0.15) is 24.6 Å². The first-order chi connectivity index (χ1) is 14.2. The molecular weight excluding hydrogens is 370 g/mol. The van der Waals surface area contributed by atoms with Gasteiger partial charge in [-0.3, -0.25) is 0 Å². The molecule has 0 radical (unpaired) electrons. The van der Waals surface area contributed by atoms with Gasteiger partial charge in [0.15, 0.2) is 5.69 Å². The summed E-state index contributed by atoms with van der Waals surface area (Å²) in [5, 5.41) is 17.2. The van der Waals surface area contributed by atoms with Gasteiger partial charge >= 0.3 is 0 Å². The quantitative estimate of drug-likeness (QED) is 0.566. The van der Waals surface area contributed by atoms with Crippen LogP contribution in [-0.4, -0.2) is 50.3 Å². The molecule has 0 aliphatic carbocycles. The van der Waals surface area contributed by atoms with E-state index in [1.165, 1.54) is 0 Å². The predicted molar refractivity (Wildman–Crippen MR) is 106 cm³/mol. The van der Waals surface area contributed by atoms with Crippen molar-refractivity contribution in [2.75, 3.05) is 20.2 Å². The second kappa shape index (κ2) is 7.25. The van der Waals surface area contributed by atoms with Crippen molar-refractivity contribution in [2.45, 2.75) is 25.8 Å². The smallest absolute Gasteiger partial charge is 0.280 e. The molecule has 148 valence electrons. The number of hydrogen-bond donors (Lipinski definition) is 1. The molecule has 9 heteroatoms. The lowest BCUT2D eigenvalue weighted by Crippen LogP contribution is -2.30. The van der Waals surface area contributed by atoms with Crippen LogP contribution in [0, 0.1) is 6.92 Å². The van der Waals surface area contributed by atoms with E-state index in [1.54, 1.807) is 7.11 Å². The van der Waals surface area contributed by atoms with Crippen LogP contribution in [0.3, 0.4) is 0 Å². The second-order valence-electron chi connectivity index (χ2n) is 7.10. The Balaban J connectivity index is 1.54. The zero-order valence-electron chi connectivity index (χ0n) is 16.3. The molecule has 4 heterocycles. The number of nitrogens with zero attached hydrogens (tertiary/aromatic N) is 6. The zero-order valence-corrected chi connectivity index (χ0v) is 16.3. The number of piperidine rings is 1. The van der Waals surface area contributed by atoms with Crippen molar-refractivity contribution in [1.29, 1.82) is 0 Å². The Bertz CT molecular complexity index is 1160. The third-order valence-electron chi connectivity index (χ3n) is 5.35. The first kappa shape index (κ1) is 17.7. The first-order valence-electron chi connectivity index (χ1n) is 9.65. The minimum atomic E-state index is 0.341. The Labute approximate surface area is 167 Å². The van der Waals surface area contributed by atoms with Gasteiger partial charge in [0.1, 0.15) is 0 Å². The van der Waals surface area contributed by atoms with Crippen molar-refractivity contribution in [1.82, 2.24) is 35.4 Å². The summed E-state index contributed by atoms with van der Waals surface area (Å²) >= 11 is 0. The molecule has 0 amide bonds. The standard InChI is InChI=1S/C20H21N7O2/c1-12-18(24-26-27(12)13-7-9-21-10-8-13)20-23-19(25-29-20)15-11-17(28-2)22-16-6-4-3-5-14(15)16/h3-6,11,13,21H,7-10H2,1-2H3. The third-order valence-corrected chi connectivity index (χ3v) is 5.35. The van der Waals surface area contributed by atoms with Gasteiger partial charge < -0.3 is 14.6 Å². The molecule has 1 N–H and O–H groups in total. The summed E-state index contributed by atoms with van der Waals surface area (Å²) in [4.78, 5) is 9.08. The lowest BCUT2D eigenvalue weighted by atomic mass is 10.1. The number of hydrogen-bond acceptors (Lipinski definition) is 8. The summed E-state index contributed by atoms with van der Waals surface area (Å²) in [5.74, 6) is 1.32. The Morgan fingerprint density at radius 1 is 1.17 bits per heavy atom. The highest BCUT2D eigenvalue weighted by Crippen LogP contribution is 2.31. The van der Waals surface area contributed by atoms with Crippen molar-refractivity contribution in [3.63, 3.8) is 0 Å². The number of ether oxygens (including phenoxy) is 1. The van der Waals surface area contributed by atoms with E-state index in [2.05, 4.69) is 30.8 Å². The number of aromatic nitrogens is 6. The number of benzene rings is 1. The maximum Gasteiger partial charge on any atom is 0.280 e. The second-order valence-corrected chi connectivity index (χ2v) is 7.10. The number of pyridine rings is 1. The summed E-state index contributed by atoms with van der Waals surface area (Å²) in [6.45, 7) is 3.97. The van der Waals surface area contributed by atoms with E-state index in [9.17, 15) is 0 Å². The molecule has 1 aromatic carbocycles. The van der Waals surface area contributed by atoms with Gasteiger partial charge in [-0.25, -0.2) is 9.67 Å². The van der Waals surface area contributed by atoms with Crippen LogP contribution in [0.25, 0.3) is 33.9 Å². The van der Waals surface area contributed by atoms with Crippen LogP contribution < -0.4 is 10.1 Å². The largest absolute Gasteiger partial charge is 0.481 e. The van der Waals surface area contributed by atoms with Crippen molar-refractivity contribution in [2.24, 2.45) is 0 Å². The molecular formula is C20H21N7O2. The average molecular weight is 391 g/mol. The molecule has 1 saturated heterocycles. The minimum Gasteiger partial charge on any atom is -0.481 e. The molecule has 0 bridgehead atoms. The molecule has 1 aliphatic heterocycles. The number of nitrogens with one attached hydrogen (secondary N) is 1. The van der Waals surface area contributed by atoms with Gasteiger partial charge in [-0.1, -0.05) is 28.6 Å². The van der Waals surface area contributed by atoms with Crippen LogP contribution in [-0.2, 0) is 0 Å². The predicted octanol–water partition coefficient (Wildman–Crippen LogP) is 2.78. The van der Waals surface area contributed by atoms with Gasteiger partial charge in [0, 0.05) is 17.0 Å². The van der Waals surface area contributed by atoms with Crippen molar-refractivity contribution >= 4 is 10.9 Å². The molecule has 5 rings (SSSR count). The van der Waals surface area contributed by atoms with E-state index >= 15 is 0 Å². The summed E-state index contributed by atoms with van der Waals surface area (Å²) in [5.41, 5.74) is 3.16. The molecule has 29 heavy (non-hydrogen) atoms. The summed E-state index contributed by atoms with van der Waals surface area (Å²) in [6.07, 6.45) is 2.06. The van der Waals surface area contributed by atoms with Gasteiger partial charge in [0.05, 0.1) is 24.4 Å². The van der Waals surface area contributed by atoms with Crippen molar-refractivity contribution < 1.29 is 9.26 Å². The fourth-order valence-electron chi connectivity index (χ4n) is 3.81. The summed E-state index contributed by atoms with van der Waals surface area (Å²) < 4.78 is 12.9. The lowest BCUT2D eigenvalue weighted by molar-refractivity contribution is 0.333. The number of methoxy groups -OCH3 is 1. The SMILES string of the molecule is COc1cc(-c2noc(-c3nnn(C4CCNCC4)c3C)n2)c2ccccc2n1. The highest BCUT2D eigenvalue weighted by molar-refractivity contribution is 5.93. The Morgan fingerprint density at radius 3 is 2.83 bits per heavy atom. The molecule has 1 aliphatic rings. The fourth-order valence-corrected chi connectivity index (χ4v) is 3.81. The van der Waals surface area contributed by atoms with Gasteiger partial charge in [0.25, 0.3) is 5.89 Å². The van der Waals surface area contributed by atoms with Crippen LogP contribution >= 0.6 is 0 Å². The van der Waals surface area contributed by atoms with Gasteiger partial charge in [-0.05, 0) is 38.9 Å². The Hall–Kier alpha value is -3.33. The van der Waals surface area contributed by atoms with Crippen LogP contribution in [0.2, 0.25) is 0 Å². The normalized spacial score (nSPS) is 15.1. The summed E-state index contributed by atoms with van der Waals surface area (Å²) in [6, 6.07) is 9.95. The Kier molecular flexibility index (Phi) is 4.44. The molecule has 4 aromatic rings. The Morgan fingerprint density at radius 2 is 2.00 bits per heavy atom. The number of rotatable bonds is 4. The van der Waals surface area contributed by atoms with Gasteiger partial charge in [-0.15, -0.1) is 5.10 Å². The maximum absolute atomic E-state index is 5.56. The monoisotopic (exact) mass is 391 g/mol. The molecule has 3 aromatic heterocycles. The van der Waals surface area contributed by atoms with E-state index in [-0.39, 0.29) is 0 Å². The molecule has 1 fully saturated rings. The van der Waals surface area contributed by atoms with Crippen molar-refractivity contribution in [3.05, 3.63) is 36.0 Å².